The Hall–Kier alpha value is -0.860. The fraction of sp³-hybridized carbons (Fsp3) is 0.900. The highest BCUT2D eigenvalue weighted by atomic mass is 16.5. The van der Waals surface area contributed by atoms with Crippen molar-refractivity contribution in [2.75, 3.05) is 7.11 Å². The molecule has 0 radical (unpaired) electrons. The summed E-state index contributed by atoms with van der Waals surface area (Å²) < 4.78 is 4.62. The first-order valence-corrected chi connectivity index (χ1v) is 9.79. The van der Waals surface area contributed by atoms with E-state index in [1.807, 2.05) is 0 Å². The first-order valence-electron chi connectivity index (χ1n) is 9.79. The van der Waals surface area contributed by atoms with Gasteiger partial charge in [-0.15, -0.1) is 0 Å². The summed E-state index contributed by atoms with van der Waals surface area (Å²) in [5.74, 6) is 0.371. The normalized spacial score (nSPS) is 10.7. The predicted molar refractivity (Wildman–Crippen MR) is 96.6 cm³/mol. The first kappa shape index (κ1) is 22.1. The Kier molecular flexibility index (Phi) is 16.8. The molecule has 3 heteroatoms. The van der Waals surface area contributed by atoms with Gasteiger partial charge >= 0.3 is 5.97 Å². The van der Waals surface area contributed by atoms with Crippen molar-refractivity contribution in [3.05, 3.63) is 0 Å². The summed E-state index contributed by atoms with van der Waals surface area (Å²) in [5.41, 5.74) is 0. The van der Waals surface area contributed by atoms with Crippen LogP contribution in [0.2, 0.25) is 0 Å². The average molecular weight is 327 g/mol. The van der Waals surface area contributed by atoms with Gasteiger partial charge in [0.15, 0.2) is 0 Å². The van der Waals surface area contributed by atoms with Crippen LogP contribution in [-0.4, -0.2) is 18.9 Å². The van der Waals surface area contributed by atoms with Gasteiger partial charge in [0.1, 0.15) is 5.78 Å². The second-order valence-corrected chi connectivity index (χ2v) is 6.61. The molecule has 0 saturated heterocycles. The number of rotatable bonds is 17. The van der Waals surface area contributed by atoms with Crippen LogP contribution in [0.5, 0.6) is 0 Å². The van der Waals surface area contributed by atoms with Crippen LogP contribution in [0.3, 0.4) is 0 Å². The lowest BCUT2D eigenvalue weighted by Gasteiger charge is -2.03. The molecule has 0 aliphatic rings. The number of Topliss-reactive ketones (excluding diaryl/α,β-unsaturated/α-hetero) is 1. The van der Waals surface area contributed by atoms with Crippen LogP contribution in [-0.2, 0) is 14.3 Å². The van der Waals surface area contributed by atoms with E-state index < -0.39 is 0 Å². The van der Waals surface area contributed by atoms with E-state index in [0.29, 0.717) is 12.2 Å². The third kappa shape index (κ3) is 17.3. The molecule has 0 unspecified atom stereocenters. The Morgan fingerprint density at radius 3 is 1.43 bits per heavy atom. The minimum atomic E-state index is -0.0861. The van der Waals surface area contributed by atoms with E-state index in [2.05, 4.69) is 11.7 Å². The third-order valence-electron chi connectivity index (χ3n) is 4.37. The topological polar surface area (TPSA) is 43.4 Å². The largest absolute Gasteiger partial charge is 0.469 e. The molecule has 0 spiro atoms. The summed E-state index contributed by atoms with van der Waals surface area (Å²) in [6.07, 6.45) is 17.8. The van der Waals surface area contributed by atoms with Crippen molar-refractivity contribution < 1.29 is 14.3 Å². The van der Waals surface area contributed by atoms with Crippen LogP contribution < -0.4 is 0 Å². The second-order valence-electron chi connectivity index (χ2n) is 6.61. The van der Waals surface area contributed by atoms with Crippen LogP contribution in [0.25, 0.3) is 0 Å². The minimum Gasteiger partial charge on any atom is -0.469 e. The molecule has 0 rings (SSSR count). The monoisotopic (exact) mass is 326 g/mol. The van der Waals surface area contributed by atoms with Gasteiger partial charge in [-0.1, -0.05) is 71.1 Å². The van der Waals surface area contributed by atoms with E-state index in [-0.39, 0.29) is 5.97 Å². The summed E-state index contributed by atoms with van der Waals surface area (Å²) in [6, 6.07) is 0. The van der Waals surface area contributed by atoms with E-state index >= 15 is 0 Å². The standard InChI is InChI=1S/C20H38O3/c1-3-4-16-19(21)17-14-12-10-8-6-5-7-9-11-13-15-18-20(22)23-2/h3-18H2,1-2H3. The van der Waals surface area contributed by atoms with Gasteiger partial charge in [0.2, 0.25) is 0 Å². The van der Waals surface area contributed by atoms with Gasteiger partial charge < -0.3 is 4.74 Å². The zero-order valence-electron chi connectivity index (χ0n) is 15.5. The zero-order chi connectivity index (χ0) is 17.2. The number of esters is 1. The summed E-state index contributed by atoms with van der Waals surface area (Å²) in [6.45, 7) is 2.13. The van der Waals surface area contributed by atoms with Gasteiger partial charge in [0.25, 0.3) is 0 Å². The quantitative estimate of drug-likeness (QED) is 0.243. The molecule has 136 valence electrons. The maximum Gasteiger partial charge on any atom is 0.305 e. The lowest BCUT2D eigenvalue weighted by atomic mass is 10.0. The number of methoxy groups -OCH3 is 1. The summed E-state index contributed by atoms with van der Waals surface area (Å²) in [7, 11) is 1.45. The maximum absolute atomic E-state index is 11.5. The molecule has 0 fully saturated rings. The predicted octanol–water partition coefficient (Wildman–Crippen LogP) is 5.99. The SMILES string of the molecule is CCCCC(=O)CCCCCCCCCCCCCC(=O)OC. The van der Waals surface area contributed by atoms with Gasteiger partial charge in [0, 0.05) is 19.3 Å². The number of carbonyl (C=O) groups is 2. The Morgan fingerprint density at radius 2 is 1.00 bits per heavy atom. The number of hydrogen-bond donors (Lipinski definition) is 0. The molecular formula is C20H38O3. The van der Waals surface area contributed by atoms with Crippen LogP contribution in [0.15, 0.2) is 0 Å². The molecular weight excluding hydrogens is 288 g/mol. The number of unbranched alkanes of at least 4 members (excludes halogenated alkanes) is 11. The van der Waals surface area contributed by atoms with E-state index in [4.69, 9.17) is 0 Å². The minimum absolute atomic E-state index is 0.0861. The molecule has 23 heavy (non-hydrogen) atoms. The summed E-state index contributed by atoms with van der Waals surface area (Å²) in [4.78, 5) is 22.4. The molecule has 0 saturated carbocycles. The number of hydrogen-bond acceptors (Lipinski definition) is 3. The number of carbonyl (C=O) groups excluding carboxylic acids is 2. The van der Waals surface area contributed by atoms with Crippen LogP contribution in [0.1, 0.15) is 110 Å². The van der Waals surface area contributed by atoms with Crippen molar-refractivity contribution in [1.82, 2.24) is 0 Å². The van der Waals surface area contributed by atoms with Gasteiger partial charge in [-0.3, -0.25) is 9.59 Å². The van der Waals surface area contributed by atoms with E-state index in [0.717, 1.165) is 44.9 Å². The molecule has 0 aromatic rings. The Balaban J connectivity index is 3.10. The Bertz CT molecular complexity index is 287. The summed E-state index contributed by atoms with van der Waals surface area (Å²) in [5, 5.41) is 0. The van der Waals surface area contributed by atoms with E-state index in [1.165, 1.54) is 58.5 Å². The van der Waals surface area contributed by atoms with Gasteiger partial charge in [-0.25, -0.2) is 0 Å². The lowest BCUT2D eigenvalue weighted by molar-refractivity contribution is -0.140. The second kappa shape index (κ2) is 17.5. The molecule has 3 nitrogen and oxygen atoms in total. The molecule has 0 amide bonds. The molecule has 0 aromatic carbocycles. The molecule has 0 atom stereocenters. The Labute approximate surface area is 143 Å². The molecule has 0 aliphatic heterocycles. The highest BCUT2D eigenvalue weighted by molar-refractivity contribution is 5.78. The lowest BCUT2D eigenvalue weighted by Crippen LogP contribution is -1.99. The third-order valence-corrected chi connectivity index (χ3v) is 4.37. The highest BCUT2D eigenvalue weighted by Crippen LogP contribution is 2.13. The van der Waals surface area contributed by atoms with Gasteiger partial charge in [0.05, 0.1) is 7.11 Å². The number of ketones is 1. The van der Waals surface area contributed by atoms with Crippen molar-refractivity contribution in [3.63, 3.8) is 0 Å². The van der Waals surface area contributed by atoms with Crippen LogP contribution >= 0.6 is 0 Å². The van der Waals surface area contributed by atoms with Gasteiger partial charge in [-0.2, -0.15) is 0 Å². The van der Waals surface area contributed by atoms with Crippen LogP contribution in [0, 0.1) is 0 Å². The van der Waals surface area contributed by atoms with E-state index in [9.17, 15) is 9.59 Å². The average Bonchev–Trinajstić information content (AvgIpc) is 2.56. The maximum atomic E-state index is 11.5. The van der Waals surface area contributed by atoms with Crippen molar-refractivity contribution in [2.45, 2.75) is 110 Å². The molecule has 0 aromatic heterocycles. The molecule has 0 bridgehead atoms. The smallest absolute Gasteiger partial charge is 0.305 e. The van der Waals surface area contributed by atoms with Crippen molar-refractivity contribution in [2.24, 2.45) is 0 Å². The van der Waals surface area contributed by atoms with Gasteiger partial charge in [-0.05, 0) is 19.3 Å². The van der Waals surface area contributed by atoms with Crippen molar-refractivity contribution in [1.29, 1.82) is 0 Å². The molecule has 0 heterocycles. The fourth-order valence-electron chi connectivity index (χ4n) is 2.78. The van der Waals surface area contributed by atoms with Crippen molar-refractivity contribution in [3.8, 4) is 0 Å². The zero-order valence-corrected chi connectivity index (χ0v) is 15.5. The molecule has 0 N–H and O–H groups in total. The van der Waals surface area contributed by atoms with Crippen LogP contribution in [0.4, 0.5) is 0 Å². The Morgan fingerprint density at radius 1 is 0.609 bits per heavy atom. The highest BCUT2D eigenvalue weighted by Gasteiger charge is 2.01. The van der Waals surface area contributed by atoms with E-state index in [1.54, 1.807) is 0 Å². The first-order chi connectivity index (χ1) is 11.2. The fourth-order valence-corrected chi connectivity index (χ4v) is 2.78. The number of ether oxygens (including phenoxy) is 1. The summed E-state index contributed by atoms with van der Waals surface area (Å²) >= 11 is 0. The van der Waals surface area contributed by atoms with Crippen molar-refractivity contribution >= 4 is 11.8 Å². The molecule has 0 aliphatic carbocycles.